The van der Waals surface area contributed by atoms with Crippen LogP contribution in [0.15, 0.2) is 18.2 Å². The highest BCUT2D eigenvalue weighted by Gasteiger charge is 2.20. The Kier molecular flexibility index (Phi) is 5.41. The van der Waals surface area contributed by atoms with Crippen molar-refractivity contribution in [3.8, 4) is 0 Å². The number of carbonyl (C=O) groups excluding carboxylic acids is 1. The molecule has 0 bridgehead atoms. The number of fused-ring (bicyclic) bond motifs is 1. The molecule has 0 aromatic heterocycles. The summed E-state index contributed by atoms with van der Waals surface area (Å²) in [6.07, 6.45) is 2.07. The Hall–Kier alpha value is -1.55. The predicted octanol–water partition coefficient (Wildman–Crippen LogP) is 2.54. The van der Waals surface area contributed by atoms with Crippen molar-refractivity contribution in [2.75, 3.05) is 38.2 Å². The topological polar surface area (TPSA) is 41.6 Å². The summed E-state index contributed by atoms with van der Waals surface area (Å²) < 4.78 is 5.36. The van der Waals surface area contributed by atoms with E-state index < -0.39 is 0 Å². The molecule has 0 atom stereocenters. The normalized spacial score (nSPS) is 13.5. The van der Waals surface area contributed by atoms with E-state index in [4.69, 9.17) is 4.74 Å². The van der Waals surface area contributed by atoms with Crippen molar-refractivity contribution < 1.29 is 9.53 Å². The second kappa shape index (κ2) is 7.29. The zero-order valence-corrected chi connectivity index (χ0v) is 12.4. The molecule has 0 spiro atoms. The van der Waals surface area contributed by atoms with Crippen molar-refractivity contribution in [3.05, 3.63) is 29.3 Å². The molecule has 0 saturated heterocycles. The average Bonchev–Trinajstić information content (AvgIpc) is 2.50. The van der Waals surface area contributed by atoms with Crippen LogP contribution in [0.5, 0.6) is 0 Å². The van der Waals surface area contributed by atoms with E-state index >= 15 is 0 Å². The summed E-state index contributed by atoms with van der Waals surface area (Å²) in [5.74, 6) is 0.118. The summed E-state index contributed by atoms with van der Waals surface area (Å²) in [4.78, 5) is 14.5. The molecule has 1 amide bonds. The highest BCUT2D eigenvalue weighted by Crippen LogP contribution is 2.26. The molecule has 0 unspecified atom stereocenters. The lowest BCUT2D eigenvalue weighted by molar-refractivity contribution is 0.0668. The number of carbonyl (C=O) groups is 1. The van der Waals surface area contributed by atoms with Gasteiger partial charge in [-0.1, -0.05) is 6.07 Å². The Bertz CT molecular complexity index is 460. The fourth-order valence-corrected chi connectivity index (χ4v) is 2.60. The number of anilines is 1. The van der Waals surface area contributed by atoms with Gasteiger partial charge in [0.1, 0.15) is 0 Å². The van der Waals surface area contributed by atoms with Gasteiger partial charge in [-0.15, -0.1) is 0 Å². The van der Waals surface area contributed by atoms with E-state index in [1.807, 2.05) is 30.9 Å². The minimum Gasteiger partial charge on any atom is -0.385 e. The first-order chi connectivity index (χ1) is 9.77. The fourth-order valence-electron chi connectivity index (χ4n) is 2.60. The van der Waals surface area contributed by atoms with Crippen molar-refractivity contribution >= 4 is 11.6 Å². The van der Waals surface area contributed by atoms with Crippen LogP contribution in [0.3, 0.4) is 0 Å². The van der Waals surface area contributed by atoms with Gasteiger partial charge in [0.15, 0.2) is 0 Å². The highest BCUT2D eigenvalue weighted by atomic mass is 16.5. The molecule has 1 aliphatic rings. The van der Waals surface area contributed by atoms with E-state index in [-0.39, 0.29) is 5.91 Å². The Morgan fingerprint density at radius 2 is 2.25 bits per heavy atom. The zero-order valence-electron chi connectivity index (χ0n) is 12.4. The third-order valence-electron chi connectivity index (χ3n) is 3.70. The number of benzene rings is 1. The summed E-state index contributed by atoms with van der Waals surface area (Å²) in [6.45, 7) is 7.63. The van der Waals surface area contributed by atoms with E-state index in [9.17, 15) is 4.79 Å². The van der Waals surface area contributed by atoms with Crippen LogP contribution in [-0.4, -0.2) is 43.7 Å². The first-order valence-corrected chi connectivity index (χ1v) is 7.50. The quantitative estimate of drug-likeness (QED) is 0.812. The third-order valence-corrected chi connectivity index (χ3v) is 3.70. The van der Waals surface area contributed by atoms with Crippen LogP contribution in [0.2, 0.25) is 0 Å². The molecular weight excluding hydrogens is 252 g/mol. The van der Waals surface area contributed by atoms with Gasteiger partial charge in [-0.3, -0.25) is 4.79 Å². The molecule has 1 heterocycles. The maximum atomic E-state index is 12.7. The maximum Gasteiger partial charge on any atom is 0.254 e. The molecule has 1 N–H and O–H groups in total. The smallest absolute Gasteiger partial charge is 0.254 e. The molecule has 2 rings (SSSR count). The van der Waals surface area contributed by atoms with Crippen molar-refractivity contribution in [1.29, 1.82) is 0 Å². The Morgan fingerprint density at radius 1 is 1.40 bits per heavy atom. The fraction of sp³-hybridized carbons (Fsp3) is 0.562. The Labute approximate surface area is 121 Å². The molecule has 1 aromatic carbocycles. The predicted molar refractivity (Wildman–Crippen MR) is 81.3 cm³/mol. The van der Waals surface area contributed by atoms with Gasteiger partial charge in [-0.05, 0) is 44.4 Å². The van der Waals surface area contributed by atoms with Crippen molar-refractivity contribution in [3.63, 3.8) is 0 Å². The van der Waals surface area contributed by atoms with Crippen LogP contribution in [0.4, 0.5) is 5.69 Å². The molecule has 4 nitrogen and oxygen atoms in total. The maximum absolute atomic E-state index is 12.7. The lowest BCUT2D eigenvalue weighted by Gasteiger charge is -2.25. The molecule has 0 saturated carbocycles. The van der Waals surface area contributed by atoms with E-state index in [0.717, 1.165) is 30.6 Å². The summed E-state index contributed by atoms with van der Waals surface area (Å²) >= 11 is 0. The van der Waals surface area contributed by atoms with E-state index in [1.54, 1.807) is 0 Å². The minimum atomic E-state index is 0.118. The number of hydrogen-bond acceptors (Lipinski definition) is 3. The summed E-state index contributed by atoms with van der Waals surface area (Å²) in [5.41, 5.74) is 3.12. The second-order valence-corrected chi connectivity index (χ2v) is 4.94. The number of hydrogen-bond donors (Lipinski definition) is 1. The van der Waals surface area contributed by atoms with Gasteiger partial charge in [-0.25, -0.2) is 0 Å². The number of ether oxygens (including phenoxy) is 1. The first-order valence-electron chi connectivity index (χ1n) is 7.50. The van der Waals surface area contributed by atoms with Gasteiger partial charge >= 0.3 is 0 Å². The highest BCUT2D eigenvalue weighted by molar-refractivity contribution is 5.97. The van der Waals surface area contributed by atoms with Gasteiger partial charge in [0.05, 0.1) is 6.61 Å². The molecule has 0 aliphatic carbocycles. The Morgan fingerprint density at radius 3 is 3.00 bits per heavy atom. The molecule has 1 aromatic rings. The van der Waals surface area contributed by atoms with Crippen LogP contribution < -0.4 is 5.32 Å². The van der Waals surface area contributed by atoms with Crippen molar-refractivity contribution in [2.45, 2.75) is 26.7 Å². The Balaban J connectivity index is 2.15. The van der Waals surface area contributed by atoms with Crippen LogP contribution in [0, 0.1) is 0 Å². The molecule has 110 valence electrons. The lowest BCUT2D eigenvalue weighted by atomic mass is 9.97. The standard InChI is InChI=1S/C16H24N2O2/c1-3-18(11-12-20-4-2)16(19)14-7-5-9-15-13(14)8-6-10-17-15/h5,7,9,17H,3-4,6,8,10-12H2,1-2H3. The van der Waals surface area contributed by atoms with Gasteiger partial charge in [-0.2, -0.15) is 0 Å². The van der Waals surface area contributed by atoms with Gasteiger partial charge < -0.3 is 15.0 Å². The van der Waals surface area contributed by atoms with Crippen LogP contribution in [0.25, 0.3) is 0 Å². The van der Waals surface area contributed by atoms with Crippen LogP contribution in [-0.2, 0) is 11.2 Å². The molecular formula is C16H24N2O2. The summed E-state index contributed by atoms with van der Waals surface area (Å²) in [5, 5.41) is 3.37. The second-order valence-electron chi connectivity index (χ2n) is 4.94. The SMILES string of the molecule is CCOCCN(CC)C(=O)c1cccc2c1CCCN2. The zero-order chi connectivity index (χ0) is 14.4. The van der Waals surface area contributed by atoms with Gasteiger partial charge in [0, 0.05) is 37.5 Å². The van der Waals surface area contributed by atoms with Crippen molar-refractivity contribution in [2.24, 2.45) is 0 Å². The number of amides is 1. The van der Waals surface area contributed by atoms with E-state index in [1.165, 1.54) is 5.56 Å². The summed E-state index contributed by atoms with van der Waals surface area (Å²) in [7, 11) is 0. The lowest BCUT2D eigenvalue weighted by Crippen LogP contribution is -2.35. The number of likely N-dealkylation sites (N-methyl/N-ethyl adjacent to an activating group) is 1. The number of nitrogens with one attached hydrogen (secondary N) is 1. The van der Waals surface area contributed by atoms with Gasteiger partial charge in [0.2, 0.25) is 0 Å². The number of nitrogens with zero attached hydrogens (tertiary/aromatic N) is 1. The van der Waals surface area contributed by atoms with Crippen LogP contribution >= 0.6 is 0 Å². The van der Waals surface area contributed by atoms with E-state index in [2.05, 4.69) is 11.4 Å². The van der Waals surface area contributed by atoms with E-state index in [0.29, 0.717) is 26.3 Å². The monoisotopic (exact) mass is 276 g/mol. The molecule has 20 heavy (non-hydrogen) atoms. The van der Waals surface area contributed by atoms with Crippen molar-refractivity contribution in [1.82, 2.24) is 4.90 Å². The molecule has 4 heteroatoms. The third kappa shape index (κ3) is 3.31. The van der Waals surface area contributed by atoms with Crippen LogP contribution in [0.1, 0.15) is 36.2 Å². The minimum absolute atomic E-state index is 0.118. The average molecular weight is 276 g/mol. The van der Waals surface area contributed by atoms with Gasteiger partial charge in [0.25, 0.3) is 5.91 Å². The summed E-state index contributed by atoms with van der Waals surface area (Å²) in [6, 6.07) is 5.96. The molecule has 0 radical (unpaired) electrons. The molecule has 0 fully saturated rings. The first kappa shape index (κ1) is 14.9. The largest absolute Gasteiger partial charge is 0.385 e. The number of rotatable bonds is 6. The molecule has 1 aliphatic heterocycles.